The fourth-order valence-corrected chi connectivity index (χ4v) is 13.4. The molecule has 0 unspecified atom stereocenters. The average Bonchev–Trinajstić information content (AvgIpc) is 4.08. The molecule has 2 aliphatic carbocycles. The van der Waals surface area contributed by atoms with E-state index in [9.17, 15) is 28.4 Å². The van der Waals surface area contributed by atoms with E-state index in [0.717, 1.165) is 49.6 Å². The number of aliphatic hydroxyl groups is 1. The molecule has 68 heavy (non-hydrogen) atoms. The molecule has 18 heteroatoms. The number of benzene rings is 3. The lowest BCUT2D eigenvalue weighted by Gasteiger charge is -2.62. The summed E-state index contributed by atoms with van der Waals surface area (Å²) in [6.45, 7) is 7.62. The Labute approximate surface area is 394 Å². The number of nitro benzene ring substituents is 1. The average molecular weight is 945 g/mol. The molecule has 5 aliphatic heterocycles. The molecule has 356 valence electrons. The third-order valence-electron chi connectivity index (χ3n) is 16.1. The van der Waals surface area contributed by atoms with Crippen LogP contribution in [0.1, 0.15) is 85.8 Å². The Morgan fingerprint density at radius 3 is 2.60 bits per heavy atom. The number of nitrogens with zero attached hydrogens (tertiary/aromatic N) is 5. The van der Waals surface area contributed by atoms with Gasteiger partial charge in [0.25, 0.3) is 21.6 Å². The first kappa shape index (κ1) is 43.3. The minimum atomic E-state index is -4.70. The molecule has 1 spiro atoms. The van der Waals surface area contributed by atoms with Crippen molar-refractivity contribution in [2.24, 2.45) is 11.3 Å². The summed E-state index contributed by atoms with van der Waals surface area (Å²) in [7, 11) is -4.70. The molecule has 3 aromatic carbocycles. The predicted octanol–water partition coefficient (Wildman–Crippen LogP) is 7.12. The van der Waals surface area contributed by atoms with E-state index in [4.69, 9.17) is 19.2 Å². The fourth-order valence-electron chi connectivity index (χ4n) is 12.4. The number of fused-ring (bicyclic) bond motifs is 4. The number of carbonyl (C=O) groups is 1. The highest BCUT2D eigenvalue weighted by Crippen LogP contribution is 2.55. The number of hydrogen-bond donors (Lipinski definition) is 4. The summed E-state index contributed by atoms with van der Waals surface area (Å²) in [5.74, 6) is -0.438. The van der Waals surface area contributed by atoms with E-state index in [1.165, 1.54) is 30.0 Å². The zero-order valence-electron chi connectivity index (χ0n) is 38.1. The van der Waals surface area contributed by atoms with Crippen LogP contribution in [0.4, 0.5) is 28.4 Å². The van der Waals surface area contributed by atoms with Crippen LogP contribution in [-0.2, 0) is 14.8 Å². The Balaban J connectivity index is 0.839. The van der Waals surface area contributed by atoms with E-state index in [1.54, 1.807) is 12.3 Å². The molecule has 2 aromatic heterocycles. The van der Waals surface area contributed by atoms with Crippen molar-refractivity contribution >= 4 is 55.4 Å². The molecular weight excluding hydrogens is 889 g/mol. The van der Waals surface area contributed by atoms with Crippen LogP contribution >= 0.6 is 0 Å². The lowest BCUT2D eigenvalue weighted by molar-refractivity contribution is -0.384. The van der Waals surface area contributed by atoms with Crippen molar-refractivity contribution in [3.05, 3.63) is 99.7 Å². The van der Waals surface area contributed by atoms with E-state index in [0.29, 0.717) is 73.9 Å². The van der Waals surface area contributed by atoms with Crippen molar-refractivity contribution in [3.63, 3.8) is 0 Å². The standard InChI is InChI=1S/C50H56N8O9S/c1-29-6-3-4-7-35(29)38-8-5-17-56(38)33-22-50(23-33)27-55(28-50)32-9-10-36(39(19-32)57-41-18-31-13-16-51-46(31)53-48(41)67-44-26-65-25-42(44)57)47(59)54-68(63,64)34-20-40(58(61)62)45-43(21-34)66-24-37(52-45)30-11-14-49(2,60)15-12-30/h3-4,6-7,9-10,13,16,18-21,30,33,37-38,42,44,52,60H,5,8,11-12,14-15,17,22-28H2,1-2H3,(H,51,53)(H,54,59)/t30?,37-,38-,42-,44-,49?/m0/s1. The van der Waals surface area contributed by atoms with E-state index in [2.05, 4.69) is 56.0 Å². The van der Waals surface area contributed by atoms with Gasteiger partial charge in [-0.3, -0.25) is 19.8 Å². The molecular formula is C50H56N8O9S. The number of sulfonamides is 1. The van der Waals surface area contributed by atoms with Crippen LogP contribution in [0.2, 0.25) is 0 Å². The number of ether oxygens (including phenoxy) is 3. The molecule has 5 fully saturated rings. The van der Waals surface area contributed by atoms with Gasteiger partial charge in [0.05, 0.1) is 52.0 Å². The second-order valence-electron chi connectivity index (χ2n) is 20.6. The zero-order valence-corrected chi connectivity index (χ0v) is 39.0. The van der Waals surface area contributed by atoms with E-state index < -0.39 is 43.1 Å². The highest BCUT2D eigenvalue weighted by Gasteiger charge is 2.55. The van der Waals surface area contributed by atoms with Crippen LogP contribution in [-0.4, -0.2) is 109 Å². The molecule has 12 rings (SSSR count). The summed E-state index contributed by atoms with van der Waals surface area (Å²) in [5, 5.41) is 27.1. The monoisotopic (exact) mass is 944 g/mol. The van der Waals surface area contributed by atoms with Crippen molar-refractivity contribution in [1.82, 2.24) is 19.6 Å². The number of nitro groups is 1. The number of aromatic amines is 1. The third kappa shape index (κ3) is 7.41. The number of pyridine rings is 1. The molecule has 1 amide bonds. The lowest BCUT2D eigenvalue weighted by atomic mass is 9.60. The number of aryl methyl sites for hydroxylation is 1. The summed E-state index contributed by atoms with van der Waals surface area (Å²) in [5.41, 5.74) is 4.53. The number of hydrogen-bond acceptors (Lipinski definition) is 14. The van der Waals surface area contributed by atoms with Crippen molar-refractivity contribution in [2.45, 2.75) is 106 Å². The van der Waals surface area contributed by atoms with Crippen molar-refractivity contribution in [2.75, 3.05) is 54.6 Å². The molecule has 4 atom stereocenters. The Hall–Kier alpha value is -5.95. The zero-order chi connectivity index (χ0) is 46.7. The van der Waals surface area contributed by atoms with Gasteiger partial charge in [0.15, 0.2) is 11.4 Å². The van der Waals surface area contributed by atoms with E-state index in [-0.39, 0.29) is 47.0 Å². The predicted molar refractivity (Wildman–Crippen MR) is 254 cm³/mol. The number of anilines is 4. The number of H-pyrrole nitrogens is 1. The Kier molecular flexibility index (Phi) is 10.2. The van der Waals surface area contributed by atoms with Crippen LogP contribution in [0.5, 0.6) is 11.6 Å². The minimum Gasteiger partial charge on any atom is -0.489 e. The van der Waals surface area contributed by atoms with Gasteiger partial charge in [0.1, 0.15) is 24.0 Å². The second-order valence-corrected chi connectivity index (χ2v) is 22.3. The molecule has 7 heterocycles. The maximum absolute atomic E-state index is 14.7. The molecule has 3 saturated heterocycles. The maximum Gasteiger partial charge on any atom is 0.297 e. The van der Waals surface area contributed by atoms with E-state index in [1.807, 2.05) is 36.1 Å². The highest BCUT2D eigenvalue weighted by atomic mass is 32.2. The van der Waals surface area contributed by atoms with Crippen LogP contribution in [0.3, 0.4) is 0 Å². The number of nitrogens with one attached hydrogen (secondary N) is 3. The number of amides is 1. The summed E-state index contributed by atoms with van der Waals surface area (Å²) in [4.78, 5) is 41.1. The van der Waals surface area contributed by atoms with Crippen molar-refractivity contribution in [1.29, 1.82) is 0 Å². The topological polar surface area (TPSA) is 205 Å². The van der Waals surface area contributed by atoms with Crippen LogP contribution in [0.15, 0.2) is 77.8 Å². The molecule has 0 bridgehead atoms. The largest absolute Gasteiger partial charge is 0.489 e. The maximum atomic E-state index is 14.7. The van der Waals surface area contributed by atoms with Gasteiger partial charge in [-0.15, -0.1) is 0 Å². The van der Waals surface area contributed by atoms with Crippen LogP contribution in [0, 0.1) is 28.4 Å². The van der Waals surface area contributed by atoms with Crippen molar-refractivity contribution < 1.29 is 37.5 Å². The van der Waals surface area contributed by atoms with Gasteiger partial charge in [-0.25, -0.2) is 13.1 Å². The van der Waals surface area contributed by atoms with Gasteiger partial charge >= 0.3 is 0 Å². The Bertz CT molecular complexity index is 2950. The second kappa shape index (κ2) is 16.1. The van der Waals surface area contributed by atoms with Gasteiger partial charge in [-0.1, -0.05) is 24.3 Å². The first-order valence-electron chi connectivity index (χ1n) is 23.9. The molecule has 5 aromatic rings. The SMILES string of the molecule is Cc1ccccc1[C@@H]1CCCN1C1CC2(C1)CN(c1ccc(C(=O)NS(=O)(=O)c3cc4c(c([N+](=O)[O-])c3)N[C@H](C3CCC(C)(O)CC3)CO4)c(N3c4cc5cc[nH]c5nc4O[C@H]4COC[C@@H]43)c1)C2. The first-order chi connectivity index (χ1) is 32.7. The third-order valence-corrected chi connectivity index (χ3v) is 17.4. The lowest BCUT2D eigenvalue weighted by Crippen LogP contribution is -2.66. The highest BCUT2D eigenvalue weighted by molar-refractivity contribution is 7.90. The van der Waals surface area contributed by atoms with Crippen molar-refractivity contribution in [3.8, 4) is 11.6 Å². The Morgan fingerprint density at radius 1 is 1.00 bits per heavy atom. The first-order valence-corrected chi connectivity index (χ1v) is 25.4. The van der Waals surface area contributed by atoms with Crippen LogP contribution in [0.25, 0.3) is 11.0 Å². The molecule has 17 nitrogen and oxygen atoms in total. The van der Waals surface area contributed by atoms with Gasteiger partial charge in [0, 0.05) is 60.0 Å². The fraction of sp³-hybridized carbons (Fsp3) is 0.480. The summed E-state index contributed by atoms with van der Waals surface area (Å²) in [6.07, 6.45) is 8.63. The smallest absolute Gasteiger partial charge is 0.297 e. The van der Waals surface area contributed by atoms with Crippen LogP contribution < -0.4 is 29.3 Å². The molecule has 7 aliphatic rings. The van der Waals surface area contributed by atoms with E-state index >= 15 is 0 Å². The quantitative estimate of drug-likeness (QED) is 0.0859. The number of aromatic nitrogens is 2. The summed E-state index contributed by atoms with van der Waals surface area (Å²) in [6, 6.07) is 20.6. The molecule has 0 radical (unpaired) electrons. The Morgan fingerprint density at radius 2 is 1.81 bits per heavy atom. The number of carbonyl (C=O) groups excluding carboxylic acids is 1. The molecule has 4 N–H and O–H groups in total. The molecule has 2 saturated carbocycles. The summed E-state index contributed by atoms with van der Waals surface area (Å²) >= 11 is 0. The minimum absolute atomic E-state index is 0.00790. The number of rotatable bonds is 9. The van der Waals surface area contributed by atoms with Gasteiger partial charge < -0.3 is 39.4 Å². The normalized spacial score (nSPS) is 27.5. The van der Waals surface area contributed by atoms with Gasteiger partial charge in [-0.05, 0) is 119 Å². The van der Waals surface area contributed by atoms with Gasteiger partial charge in [-0.2, -0.15) is 4.98 Å². The van der Waals surface area contributed by atoms with Gasteiger partial charge in [0.2, 0.25) is 5.88 Å². The number of likely N-dealkylation sites (tertiary alicyclic amines) is 1. The summed E-state index contributed by atoms with van der Waals surface area (Å²) < 4.78 is 49.3.